The molecule has 2 aromatic rings. The highest BCUT2D eigenvalue weighted by Gasteiger charge is 2.33. The summed E-state index contributed by atoms with van der Waals surface area (Å²) in [4.78, 5) is 28.2. The molecule has 1 aromatic heterocycles. The number of thiophene rings is 1. The first kappa shape index (κ1) is 18.6. The van der Waals surface area contributed by atoms with E-state index in [-0.39, 0.29) is 17.9 Å². The summed E-state index contributed by atoms with van der Waals surface area (Å²) in [6, 6.07) is 13.8. The van der Waals surface area contributed by atoms with Gasteiger partial charge in [-0.25, -0.2) is 0 Å². The predicted octanol–water partition coefficient (Wildman–Crippen LogP) is 3.77. The number of nitrogens with zero attached hydrogens (tertiary/aromatic N) is 1. The highest BCUT2D eigenvalue weighted by molar-refractivity contribution is 7.09. The Kier molecular flexibility index (Phi) is 6.83. The third kappa shape index (κ3) is 5.18. The number of hydrogen-bond donors (Lipinski definition) is 1. The van der Waals surface area contributed by atoms with Crippen molar-refractivity contribution < 1.29 is 9.59 Å². The lowest BCUT2D eigenvalue weighted by Crippen LogP contribution is -2.45. The SMILES string of the molecule is O=C(NCc1ccccc1)[C@@H]1CCCN1C(=O)CCCCc1cccs1. The monoisotopic (exact) mass is 370 g/mol. The topological polar surface area (TPSA) is 49.4 Å². The van der Waals surface area contributed by atoms with Gasteiger partial charge in [-0.15, -0.1) is 11.3 Å². The number of amides is 2. The maximum atomic E-state index is 12.5. The lowest BCUT2D eigenvalue weighted by Gasteiger charge is -2.24. The van der Waals surface area contributed by atoms with Gasteiger partial charge >= 0.3 is 0 Å². The van der Waals surface area contributed by atoms with E-state index >= 15 is 0 Å². The summed E-state index contributed by atoms with van der Waals surface area (Å²) < 4.78 is 0. The van der Waals surface area contributed by atoms with Gasteiger partial charge in [-0.3, -0.25) is 9.59 Å². The van der Waals surface area contributed by atoms with E-state index in [1.165, 1.54) is 4.88 Å². The minimum absolute atomic E-state index is 0.0294. The van der Waals surface area contributed by atoms with E-state index in [1.54, 1.807) is 16.2 Å². The van der Waals surface area contributed by atoms with E-state index < -0.39 is 0 Å². The van der Waals surface area contributed by atoms with Crippen LogP contribution in [0.4, 0.5) is 0 Å². The third-order valence-electron chi connectivity index (χ3n) is 4.83. The highest BCUT2D eigenvalue weighted by atomic mass is 32.1. The van der Waals surface area contributed by atoms with Crippen LogP contribution in [0.25, 0.3) is 0 Å². The molecule has 5 heteroatoms. The van der Waals surface area contributed by atoms with Gasteiger partial charge < -0.3 is 10.2 Å². The fourth-order valence-electron chi connectivity index (χ4n) is 3.41. The molecule has 3 rings (SSSR count). The summed E-state index contributed by atoms with van der Waals surface area (Å²) in [6.07, 6.45) is 5.14. The van der Waals surface area contributed by atoms with Crippen molar-refractivity contribution in [1.82, 2.24) is 10.2 Å². The van der Waals surface area contributed by atoms with Crippen LogP contribution in [0.2, 0.25) is 0 Å². The van der Waals surface area contributed by atoms with Crippen LogP contribution in [0.15, 0.2) is 47.8 Å². The normalized spacial score (nSPS) is 16.6. The van der Waals surface area contributed by atoms with Crippen LogP contribution in [-0.2, 0) is 22.6 Å². The van der Waals surface area contributed by atoms with Gasteiger partial charge in [0.25, 0.3) is 0 Å². The Balaban J connectivity index is 1.42. The maximum absolute atomic E-state index is 12.5. The summed E-state index contributed by atoms with van der Waals surface area (Å²) >= 11 is 1.77. The fourth-order valence-corrected chi connectivity index (χ4v) is 4.17. The molecule has 0 unspecified atom stereocenters. The summed E-state index contributed by atoms with van der Waals surface area (Å²) in [5.74, 6) is 0.0897. The molecule has 0 bridgehead atoms. The number of unbranched alkanes of at least 4 members (excludes halogenated alkanes) is 1. The number of carbonyl (C=O) groups excluding carboxylic acids is 2. The van der Waals surface area contributed by atoms with Crippen LogP contribution in [-0.4, -0.2) is 29.3 Å². The molecular formula is C21H26N2O2S. The Hall–Kier alpha value is -2.14. The molecule has 138 valence electrons. The summed E-state index contributed by atoms with van der Waals surface area (Å²) in [5, 5.41) is 5.07. The highest BCUT2D eigenvalue weighted by Crippen LogP contribution is 2.20. The number of benzene rings is 1. The van der Waals surface area contributed by atoms with Crippen molar-refractivity contribution in [3.05, 3.63) is 58.3 Å². The van der Waals surface area contributed by atoms with E-state index in [0.717, 1.165) is 37.7 Å². The second-order valence-electron chi connectivity index (χ2n) is 6.74. The molecule has 4 nitrogen and oxygen atoms in total. The Morgan fingerprint density at radius 3 is 2.73 bits per heavy atom. The van der Waals surface area contributed by atoms with Gasteiger partial charge in [0.2, 0.25) is 11.8 Å². The molecule has 1 fully saturated rings. The minimum atomic E-state index is -0.302. The van der Waals surface area contributed by atoms with Crippen LogP contribution in [0.1, 0.15) is 42.5 Å². The van der Waals surface area contributed by atoms with Gasteiger partial charge in [0.15, 0.2) is 0 Å². The van der Waals surface area contributed by atoms with Crippen molar-refractivity contribution in [2.45, 2.75) is 51.1 Å². The molecule has 0 radical (unpaired) electrons. The van der Waals surface area contributed by atoms with Crippen LogP contribution in [0.3, 0.4) is 0 Å². The number of nitrogens with one attached hydrogen (secondary N) is 1. The van der Waals surface area contributed by atoms with Gasteiger partial charge in [0.05, 0.1) is 0 Å². The van der Waals surface area contributed by atoms with E-state index in [2.05, 4.69) is 22.8 Å². The van der Waals surface area contributed by atoms with E-state index in [0.29, 0.717) is 19.5 Å². The van der Waals surface area contributed by atoms with E-state index in [4.69, 9.17) is 0 Å². The van der Waals surface area contributed by atoms with Crippen molar-refractivity contribution in [1.29, 1.82) is 0 Å². The first-order valence-electron chi connectivity index (χ1n) is 9.37. The smallest absolute Gasteiger partial charge is 0.243 e. The molecule has 26 heavy (non-hydrogen) atoms. The Morgan fingerprint density at radius 2 is 1.96 bits per heavy atom. The van der Waals surface area contributed by atoms with Crippen LogP contribution in [0, 0.1) is 0 Å². The zero-order valence-corrected chi connectivity index (χ0v) is 15.8. The average Bonchev–Trinajstić information content (AvgIpc) is 3.35. The van der Waals surface area contributed by atoms with Gasteiger partial charge in [-0.1, -0.05) is 36.4 Å². The molecule has 2 heterocycles. The summed E-state index contributed by atoms with van der Waals surface area (Å²) in [5.41, 5.74) is 1.07. The van der Waals surface area contributed by atoms with Gasteiger partial charge in [0.1, 0.15) is 6.04 Å². The molecule has 1 aliphatic rings. The number of likely N-dealkylation sites (tertiary alicyclic amines) is 1. The molecular weight excluding hydrogens is 344 g/mol. The quantitative estimate of drug-likeness (QED) is 0.719. The molecule has 1 aromatic carbocycles. The number of rotatable bonds is 8. The zero-order chi connectivity index (χ0) is 18.2. The van der Waals surface area contributed by atoms with Crippen molar-refractivity contribution in [3.8, 4) is 0 Å². The largest absolute Gasteiger partial charge is 0.350 e. The van der Waals surface area contributed by atoms with Crippen LogP contribution >= 0.6 is 11.3 Å². The fraction of sp³-hybridized carbons (Fsp3) is 0.429. The standard InChI is InChI=1S/C21H26N2O2S/c24-20(13-5-4-10-18-11-7-15-26-18)23-14-6-12-19(23)21(25)22-16-17-8-2-1-3-9-17/h1-3,7-9,11,15,19H,4-6,10,12-14,16H2,(H,22,25)/t19-/m0/s1. The average molecular weight is 371 g/mol. The Morgan fingerprint density at radius 1 is 1.12 bits per heavy atom. The lowest BCUT2D eigenvalue weighted by molar-refractivity contribution is -0.138. The molecule has 1 atom stereocenters. The third-order valence-corrected chi connectivity index (χ3v) is 5.77. The summed E-state index contributed by atoms with van der Waals surface area (Å²) in [6.45, 7) is 1.21. The molecule has 1 saturated heterocycles. The van der Waals surface area contributed by atoms with Crippen LogP contribution in [0.5, 0.6) is 0 Å². The first-order chi connectivity index (χ1) is 12.7. The number of aryl methyl sites for hydroxylation is 1. The molecule has 0 spiro atoms. The summed E-state index contributed by atoms with van der Waals surface area (Å²) in [7, 11) is 0. The Bertz CT molecular complexity index is 700. The zero-order valence-electron chi connectivity index (χ0n) is 15.0. The van der Waals surface area contributed by atoms with Gasteiger partial charge in [-0.2, -0.15) is 0 Å². The molecule has 2 amide bonds. The number of carbonyl (C=O) groups is 2. The molecule has 1 aliphatic heterocycles. The van der Waals surface area contributed by atoms with Crippen molar-refractivity contribution in [3.63, 3.8) is 0 Å². The molecule has 0 aliphatic carbocycles. The predicted molar refractivity (Wildman–Crippen MR) is 105 cm³/mol. The van der Waals surface area contributed by atoms with Crippen molar-refractivity contribution >= 4 is 23.2 Å². The number of hydrogen-bond acceptors (Lipinski definition) is 3. The van der Waals surface area contributed by atoms with E-state index in [9.17, 15) is 9.59 Å². The molecule has 1 N–H and O–H groups in total. The first-order valence-corrected chi connectivity index (χ1v) is 10.3. The van der Waals surface area contributed by atoms with Crippen molar-refractivity contribution in [2.75, 3.05) is 6.54 Å². The van der Waals surface area contributed by atoms with Crippen LogP contribution < -0.4 is 5.32 Å². The van der Waals surface area contributed by atoms with E-state index in [1.807, 2.05) is 30.3 Å². The second kappa shape index (κ2) is 9.53. The second-order valence-corrected chi connectivity index (χ2v) is 7.77. The Labute approximate surface area is 159 Å². The lowest BCUT2D eigenvalue weighted by atomic mass is 10.1. The molecule has 0 saturated carbocycles. The van der Waals surface area contributed by atoms with Gasteiger partial charge in [0, 0.05) is 24.4 Å². The maximum Gasteiger partial charge on any atom is 0.243 e. The van der Waals surface area contributed by atoms with Gasteiger partial charge in [-0.05, 0) is 49.1 Å². The minimum Gasteiger partial charge on any atom is -0.350 e. The van der Waals surface area contributed by atoms with Crippen molar-refractivity contribution in [2.24, 2.45) is 0 Å².